The Labute approximate surface area is 147 Å². The Hall–Kier alpha value is -1.72. The van der Waals surface area contributed by atoms with Crippen LogP contribution in [-0.2, 0) is 14.1 Å². The topological polar surface area (TPSA) is 110 Å². The molecule has 7 heteroatoms. The van der Waals surface area contributed by atoms with E-state index in [1.807, 2.05) is 43.4 Å². The number of carbonyl (C=O) groups is 1. The molecule has 0 aliphatic heterocycles. The van der Waals surface area contributed by atoms with Crippen molar-refractivity contribution in [2.75, 3.05) is 12.8 Å². The summed E-state index contributed by atoms with van der Waals surface area (Å²) in [7, 11) is -4.07. The predicted octanol–water partition coefficient (Wildman–Crippen LogP) is 2.37. The molecule has 25 heavy (non-hydrogen) atoms. The van der Waals surface area contributed by atoms with Crippen molar-refractivity contribution in [1.82, 2.24) is 0 Å². The summed E-state index contributed by atoms with van der Waals surface area (Å²) in [5.41, 5.74) is 6.52. The summed E-state index contributed by atoms with van der Waals surface area (Å²) < 4.78 is 16.0. The highest BCUT2D eigenvalue weighted by atomic mass is 31.2. The van der Waals surface area contributed by atoms with Crippen LogP contribution in [0.1, 0.15) is 20.3 Å². The second-order valence-electron chi connectivity index (χ2n) is 6.77. The minimum Gasteiger partial charge on any atom is -0.465 e. The average Bonchev–Trinajstić information content (AvgIpc) is 2.75. The van der Waals surface area contributed by atoms with Gasteiger partial charge < -0.3 is 20.3 Å². The normalized spacial score (nSPS) is 20.8. The van der Waals surface area contributed by atoms with Crippen molar-refractivity contribution in [2.24, 2.45) is 11.1 Å². The fourth-order valence-corrected chi connectivity index (χ4v) is 2.94. The van der Waals surface area contributed by atoms with E-state index in [0.29, 0.717) is 0 Å². The molecule has 2 aliphatic carbocycles. The third kappa shape index (κ3) is 5.65. The zero-order valence-electron chi connectivity index (χ0n) is 14.4. The Morgan fingerprint density at radius 2 is 1.56 bits per heavy atom. The largest absolute Gasteiger partial charge is 0.465 e. The molecule has 0 fully saturated rings. The molecule has 0 heterocycles. The number of carbonyl (C=O) groups excluding carboxylic acids is 1. The maximum absolute atomic E-state index is 12.4. The lowest BCUT2D eigenvalue weighted by atomic mass is 9.90. The second-order valence-corrected chi connectivity index (χ2v) is 8.55. The first-order chi connectivity index (χ1) is 11.5. The quantitative estimate of drug-likeness (QED) is 0.392. The van der Waals surface area contributed by atoms with Crippen molar-refractivity contribution >= 4 is 13.6 Å². The number of hydrogen-bond acceptors (Lipinski definition) is 4. The maximum Gasteiger partial charge on any atom is 0.325 e. The first-order valence-corrected chi connectivity index (χ1v) is 9.82. The fourth-order valence-electron chi connectivity index (χ4n) is 2.40. The molecule has 0 saturated heterocycles. The minimum absolute atomic E-state index is 0.0281. The summed E-state index contributed by atoms with van der Waals surface area (Å²) in [4.78, 5) is 30.0. The molecule has 0 aromatic heterocycles. The maximum atomic E-state index is 12.4. The monoisotopic (exact) mass is 365 g/mol. The van der Waals surface area contributed by atoms with Crippen molar-refractivity contribution in [3.05, 3.63) is 59.8 Å². The van der Waals surface area contributed by atoms with E-state index in [9.17, 15) is 9.36 Å². The number of ether oxygens (including phenoxy) is 1. The third-order valence-electron chi connectivity index (χ3n) is 4.06. The molecule has 0 atom stereocenters. The Bertz CT molecular complexity index is 701. The van der Waals surface area contributed by atoms with Crippen molar-refractivity contribution < 1.29 is 23.9 Å². The summed E-state index contributed by atoms with van der Waals surface area (Å²) in [5.74, 6) is -0.458. The first-order valence-electron chi connectivity index (χ1n) is 8.03. The van der Waals surface area contributed by atoms with Crippen LogP contribution in [0.4, 0.5) is 0 Å². The average molecular weight is 365 g/mol. The highest BCUT2D eigenvalue weighted by Crippen LogP contribution is 2.35. The predicted molar refractivity (Wildman–Crippen MR) is 96.8 cm³/mol. The van der Waals surface area contributed by atoms with Gasteiger partial charge in [-0.05, 0) is 31.4 Å². The van der Waals surface area contributed by atoms with Crippen LogP contribution in [0.2, 0.25) is 0 Å². The van der Waals surface area contributed by atoms with E-state index in [4.69, 9.17) is 20.3 Å². The molecular weight excluding hydrogens is 341 g/mol. The third-order valence-corrected chi connectivity index (χ3v) is 4.96. The highest BCUT2D eigenvalue weighted by Gasteiger charge is 2.31. The van der Waals surface area contributed by atoms with Gasteiger partial charge in [-0.1, -0.05) is 48.6 Å². The lowest BCUT2D eigenvalue weighted by Gasteiger charge is -2.19. The van der Waals surface area contributed by atoms with E-state index in [1.54, 1.807) is 19.1 Å². The molecule has 0 radical (unpaired) electrons. The summed E-state index contributed by atoms with van der Waals surface area (Å²) >= 11 is 0. The van der Waals surface area contributed by atoms with Gasteiger partial charge in [-0.2, -0.15) is 0 Å². The van der Waals surface area contributed by atoms with Crippen molar-refractivity contribution in [3.8, 4) is 0 Å². The van der Waals surface area contributed by atoms with E-state index < -0.39 is 24.5 Å². The molecule has 6 nitrogen and oxygen atoms in total. The summed E-state index contributed by atoms with van der Waals surface area (Å²) in [6.07, 6.45) is 14.7. The zero-order chi connectivity index (χ0) is 18.7. The molecule has 0 spiro atoms. The van der Waals surface area contributed by atoms with E-state index in [1.165, 1.54) is 0 Å². The van der Waals surface area contributed by atoms with Gasteiger partial charge in [0.2, 0.25) is 0 Å². The second kappa shape index (κ2) is 7.26. The van der Waals surface area contributed by atoms with Crippen molar-refractivity contribution in [1.29, 1.82) is 0 Å². The van der Waals surface area contributed by atoms with E-state index in [2.05, 4.69) is 0 Å². The highest BCUT2D eigenvalue weighted by molar-refractivity contribution is 7.51. The van der Waals surface area contributed by atoms with Gasteiger partial charge in [0, 0.05) is 0 Å². The van der Waals surface area contributed by atoms with Crippen LogP contribution in [0.25, 0.3) is 0 Å². The molecule has 0 aromatic rings. The van der Waals surface area contributed by atoms with E-state index in [-0.39, 0.29) is 19.2 Å². The number of allylic oxidation sites excluding steroid dienone is 6. The van der Waals surface area contributed by atoms with Gasteiger partial charge in [0.05, 0.1) is 18.3 Å². The van der Waals surface area contributed by atoms with Crippen LogP contribution in [0.15, 0.2) is 59.8 Å². The molecule has 0 amide bonds. The van der Waals surface area contributed by atoms with Crippen molar-refractivity contribution in [2.45, 2.75) is 25.8 Å². The van der Waals surface area contributed by atoms with Gasteiger partial charge in [-0.15, -0.1) is 0 Å². The Morgan fingerprint density at radius 1 is 1.08 bits per heavy atom. The van der Waals surface area contributed by atoms with Gasteiger partial charge in [0.25, 0.3) is 0 Å². The van der Waals surface area contributed by atoms with Gasteiger partial charge in [-0.25, -0.2) is 0 Å². The van der Waals surface area contributed by atoms with Gasteiger partial charge in [-0.3, -0.25) is 9.36 Å². The minimum atomic E-state index is -4.07. The molecule has 0 bridgehead atoms. The van der Waals surface area contributed by atoms with Gasteiger partial charge >= 0.3 is 13.6 Å². The van der Waals surface area contributed by atoms with Gasteiger partial charge in [0.15, 0.2) is 0 Å². The van der Waals surface area contributed by atoms with E-state index >= 15 is 0 Å². The van der Waals surface area contributed by atoms with Crippen LogP contribution < -0.4 is 5.73 Å². The Balaban J connectivity index is 2.05. The smallest absolute Gasteiger partial charge is 0.325 e. The molecule has 2 rings (SSSR count). The Kier molecular flexibility index (Phi) is 5.69. The van der Waals surface area contributed by atoms with Crippen LogP contribution in [-0.4, -0.2) is 34.1 Å². The lowest BCUT2D eigenvalue weighted by Crippen LogP contribution is -2.30. The fraction of sp³-hybridized carbons (Fsp3) is 0.389. The number of esters is 1. The summed E-state index contributed by atoms with van der Waals surface area (Å²) in [6, 6.07) is 0. The molecule has 0 saturated carbocycles. The van der Waals surface area contributed by atoms with Crippen LogP contribution in [0, 0.1) is 5.41 Å². The molecule has 0 aromatic carbocycles. The molecule has 4 N–H and O–H groups in total. The van der Waals surface area contributed by atoms with Gasteiger partial charge in [0.1, 0.15) is 5.41 Å². The molecule has 136 valence electrons. The first kappa shape index (κ1) is 19.6. The zero-order valence-corrected chi connectivity index (χ0v) is 15.3. The van der Waals surface area contributed by atoms with E-state index in [0.717, 1.165) is 11.1 Å². The number of rotatable bonds is 5. The SMILES string of the molecule is CC1(N)C=CC2=C(C=C1)C=CC(C)(C(=O)OCCCP(=O)(O)O)C=C2. The van der Waals surface area contributed by atoms with Crippen LogP contribution in [0.5, 0.6) is 0 Å². The lowest BCUT2D eigenvalue weighted by molar-refractivity contribution is -0.149. The van der Waals surface area contributed by atoms with Crippen LogP contribution in [0.3, 0.4) is 0 Å². The number of hydrogen-bond donors (Lipinski definition) is 3. The summed E-state index contributed by atoms with van der Waals surface area (Å²) in [6.45, 7) is 3.61. The standard InChI is InChI=1S/C18H24NO5P/c1-17(16(20)24-12-3-13-25(21,22)23)8-4-14-6-10-18(2,19)11-7-15(14)5-9-17/h4-11H,3,12-13,19H2,1-2H3,(H2,21,22,23). The Morgan fingerprint density at radius 3 is 2.04 bits per heavy atom. The van der Waals surface area contributed by atoms with Crippen molar-refractivity contribution in [3.63, 3.8) is 0 Å². The molecule has 0 unspecified atom stereocenters. The molecular formula is C18H24NO5P. The molecule has 2 aliphatic rings. The van der Waals surface area contributed by atoms with Crippen LogP contribution >= 0.6 is 7.60 Å². The number of nitrogens with two attached hydrogens (primary N) is 1. The summed E-state index contributed by atoms with van der Waals surface area (Å²) in [5, 5.41) is 0.